The minimum atomic E-state index is -0.259. The first kappa shape index (κ1) is 20.3. The van der Waals surface area contributed by atoms with Gasteiger partial charge in [-0.25, -0.2) is 0 Å². The number of methoxy groups -OCH3 is 1. The molecule has 0 amide bonds. The molecule has 6 nitrogen and oxygen atoms in total. The topological polar surface area (TPSA) is 72.1 Å². The van der Waals surface area contributed by atoms with Gasteiger partial charge in [0.1, 0.15) is 28.6 Å². The van der Waals surface area contributed by atoms with Gasteiger partial charge in [-0.3, -0.25) is 9.69 Å². The van der Waals surface area contributed by atoms with Crippen molar-refractivity contribution in [3.8, 4) is 23.0 Å². The largest absolute Gasteiger partial charge is 0.507 e. The van der Waals surface area contributed by atoms with Crippen molar-refractivity contribution in [2.24, 2.45) is 5.92 Å². The third kappa shape index (κ3) is 4.00. The fourth-order valence-electron chi connectivity index (χ4n) is 3.89. The highest BCUT2D eigenvalue weighted by Crippen LogP contribution is 2.33. The molecule has 30 heavy (non-hydrogen) atoms. The Morgan fingerprint density at radius 3 is 2.63 bits per heavy atom. The normalized spacial score (nSPS) is 15.4. The number of piperidine rings is 1. The SMILES string of the molecule is COc1cccc(Oc2c(C)oc3c(CN4CCC(C)CC4)c(O)ccc3c2=O)c1. The molecule has 2 heterocycles. The number of nitrogens with zero attached hydrogens (tertiary/aromatic N) is 1. The average Bonchev–Trinajstić information content (AvgIpc) is 2.75. The number of phenols is 1. The van der Waals surface area contributed by atoms with E-state index in [9.17, 15) is 9.90 Å². The lowest BCUT2D eigenvalue weighted by atomic mass is 9.98. The third-order valence-corrected chi connectivity index (χ3v) is 5.78. The second-order valence-electron chi connectivity index (χ2n) is 8.00. The molecule has 1 saturated heterocycles. The van der Waals surface area contributed by atoms with Crippen LogP contribution in [-0.4, -0.2) is 30.2 Å². The molecule has 4 rings (SSSR count). The van der Waals surface area contributed by atoms with Gasteiger partial charge < -0.3 is 19.0 Å². The maximum absolute atomic E-state index is 13.2. The summed E-state index contributed by atoms with van der Waals surface area (Å²) in [6, 6.07) is 10.2. The van der Waals surface area contributed by atoms with Crippen molar-refractivity contribution >= 4 is 11.0 Å². The van der Waals surface area contributed by atoms with Crippen LogP contribution in [0.5, 0.6) is 23.0 Å². The fraction of sp³-hybridized carbons (Fsp3) is 0.375. The Hall–Kier alpha value is -2.99. The first-order valence-corrected chi connectivity index (χ1v) is 10.3. The van der Waals surface area contributed by atoms with E-state index in [1.165, 1.54) is 0 Å². The number of rotatable bonds is 5. The number of likely N-dealkylation sites (tertiary alicyclic amines) is 1. The average molecular weight is 409 g/mol. The summed E-state index contributed by atoms with van der Waals surface area (Å²) in [4.78, 5) is 15.5. The zero-order valence-electron chi connectivity index (χ0n) is 17.6. The van der Waals surface area contributed by atoms with Gasteiger partial charge in [-0.1, -0.05) is 13.0 Å². The molecule has 0 saturated carbocycles. The highest BCUT2D eigenvalue weighted by atomic mass is 16.5. The van der Waals surface area contributed by atoms with Gasteiger partial charge in [-0.15, -0.1) is 0 Å². The van der Waals surface area contributed by atoms with Crippen LogP contribution in [0, 0.1) is 12.8 Å². The van der Waals surface area contributed by atoms with Gasteiger partial charge in [0, 0.05) is 12.6 Å². The van der Waals surface area contributed by atoms with Gasteiger partial charge >= 0.3 is 0 Å². The standard InChI is InChI=1S/C24H27NO5/c1-15-9-11-25(12-10-15)14-20-21(26)8-7-19-22(27)23(16(2)29-24(19)20)30-18-6-4-5-17(13-18)28-3/h4-8,13,15,26H,9-12,14H2,1-3H3. The molecule has 0 aliphatic carbocycles. The highest BCUT2D eigenvalue weighted by molar-refractivity contribution is 5.83. The minimum absolute atomic E-state index is 0.138. The molecule has 0 unspecified atom stereocenters. The van der Waals surface area contributed by atoms with E-state index in [2.05, 4.69) is 11.8 Å². The molecule has 3 aromatic rings. The smallest absolute Gasteiger partial charge is 0.235 e. The lowest BCUT2D eigenvalue weighted by molar-refractivity contribution is 0.183. The van der Waals surface area contributed by atoms with Crippen LogP contribution in [0.3, 0.4) is 0 Å². The summed E-state index contributed by atoms with van der Waals surface area (Å²) in [6.07, 6.45) is 2.26. The van der Waals surface area contributed by atoms with Crippen LogP contribution >= 0.6 is 0 Å². The van der Waals surface area contributed by atoms with E-state index in [0.717, 1.165) is 31.8 Å². The van der Waals surface area contributed by atoms with E-state index >= 15 is 0 Å². The van der Waals surface area contributed by atoms with Crippen LogP contribution in [0.25, 0.3) is 11.0 Å². The van der Waals surface area contributed by atoms with Gasteiger partial charge in [0.05, 0.1) is 18.1 Å². The van der Waals surface area contributed by atoms with Gasteiger partial charge in [-0.05, 0) is 63.0 Å². The molecule has 2 aromatic carbocycles. The van der Waals surface area contributed by atoms with Crippen molar-refractivity contribution in [2.45, 2.75) is 33.2 Å². The second kappa shape index (κ2) is 8.40. The van der Waals surface area contributed by atoms with Crippen LogP contribution in [0.2, 0.25) is 0 Å². The summed E-state index contributed by atoms with van der Waals surface area (Å²) in [5, 5.41) is 10.9. The molecule has 1 N–H and O–H groups in total. The molecule has 1 aliphatic heterocycles. The predicted octanol–water partition coefficient (Wildman–Crippen LogP) is 4.84. The Kier molecular flexibility index (Phi) is 5.68. The van der Waals surface area contributed by atoms with E-state index in [1.807, 2.05) is 0 Å². The van der Waals surface area contributed by atoms with Crippen molar-refractivity contribution in [3.63, 3.8) is 0 Å². The first-order valence-electron chi connectivity index (χ1n) is 10.3. The number of fused-ring (bicyclic) bond motifs is 1. The van der Waals surface area contributed by atoms with Crippen molar-refractivity contribution in [2.75, 3.05) is 20.2 Å². The van der Waals surface area contributed by atoms with E-state index in [1.54, 1.807) is 50.4 Å². The molecular formula is C24H27NO5. The number of benzene rings is 2. The second-order valence-corrected chi connectivity index (χ2v) is 8.00. The zero-order valence-corrected chi connectivity index (χ0v) is 17.6. The summed E-state index contributed by atoms with van der Waals surface area (Å²) in [7, 11) is 1.58. The molecule has 0 bridgehead atoms. The summed E-state index contributed by atoms with van der Waals surface area (Å²) in [5.74, 6) is 2.50. The number of phenolic OH excluding ortho intramolecular Hbond substituents is 1. The molecule has 6 heteroatoms. The summed E-state index contributed by atoms with van der Waals surface area (Å²) in [6.45, 7) is 6.45. The van der Waals surface area contributed by atoms with Crippen molar-refractivity contribution in [1.82, 2.24) is 4.90 Å². The molecule has 0 atom stereocenters. The Morgan fingerprint density at radius 1 is 1.17 bits per heavy atom. The van der Waals surface area contributed by atoms with Gasteiger partial charge in [0.15, 0.2) is 0 Å². The number of ether oxygens (including phenoxy) is 2. The lowest BCUT2D eigenvalue weighted by Crippen LogP contribution is -2.32. The predicted molar refractivity (Wildman–Crippen MR) is 116 cm³/mol. The van der Waals surface area contributed by atoms with Gasteiger partial charge in [-0.2, -0.15) is 0 Å². The maximum atomic E-state index is 13.2. The van der Waals surface area contributed by atoms with Crippen LogP contribution in [-0.2, 0) is 6.54 Å². The number of aromatic hydroxyl groups is 1. The maximum Gasteiger partial charge on any atom is 0.235 e. The summed E-state index contributed by atoms with van der Waals surface area (Å²) in [5.41, 5.74) is 0.814. The summed E-state index contributed by atoms with van der Waals surface area (Å²) < 4.78 is 17.1. The zero-order chi connectivity index (χ0) is 21.3. The van der Waals surface area contributed by atoms with E-state index in [4.69, 9.17) is 13.9 Å². The Morgan fingerprint density at radius 2 is 1.90 bits per heavy atom. The monoisotopic (exact) mass is 409 g/mol. The molecule has 0 spiro atoms. The molecule has 0 radical (unpaired) electrons. The quantitative estimate of drug-likeness (QED) is 0.650. The van der Waals surface area contributed by atoms with Crippen LogP contribution in [0.15, 0.2) is 45.6 Å². The Labute approximate surface area is 175 Å². The fourth-order valence-corrected chi connectivity index (χ4v) is 3.89. The van der Waals surface area contributed by atoms with Crippen LogP contribution in [0.4, 0.5) is 0 Å². The number of hydrogen-bond donors (Lipinski definition) is 1. The lowest BCUT2D eigenvalue weighted by Gasteiger charge is -2.30. The van der Waals surface area contributed by atoms with Crippen molar-refractivity contribution in [1.29, 1.82) is 0 Å². The molecule has 1 aliphatic rings. The summed E-state index contributed by atoms with van der Waals surface area (Å²) >= 11 is 0. The number of aryl methyl sites for hydroxylation is 1. The van der Waals surface area contributed by atoms with E-state index in [0.29, 0.717) is 40.3 Å². The van der Waals surface area contributed by atoms with Gasteiger partial charge in [0.25, 0.3) is 0 Å². The highest BCUT2D eigenvalue weighted by Gasteiger charge is 2.22. The number of hydrogen-bond acceptors (Lipinski definition) is 6. The van der Waals surface area contributed by atoms with Crippen molar-refractivity contribution < 1.29 is 19.0 Å². The van der Waals surface area contributed by atoms with E-state index < -0.39 is 0 Å². The molecular weight excluding hydrogens is 382 g/mol. The third-order valence-electron chi connectivity index (χ3n) is 5.78. The molecule has 1 aromatic heterocycles. The Bertz CT molecular complexity index is 1110. The van der Waals surface area contributed by atoms with Crippen LogP contribution < -0.4 is 14.9 Å². The first-order chi connectivity index (χ1) is 14.5. The molecule has 158 valence electrons. The minimum Gasteiger partial charge on any atom is -0.507 e. The Balaban J connectivity index is 1.72. The van der Waals surface area contributed by atoms with Gasteiger partial charge in [0.2, 0.25) is 11.2 Å². The molecule has 1 fully saturated rings. The van der Waals surface area contributed by atoms with Crippen molar-refractivity contribution in [3.05, 3.63) is 57.9 Å². The van der Waals surface area contributed by atoms with E-state index in [-0.39, 0.29) is 16.9 Å². The van der Waals surface area contributed by atoms with Crippen LogP contribution in [0.1, 0.15) is 31.1 Å².